The number of benzene rings is 3. The molecule has 0 amide bonds. The zero-order chi connectivity index (χ0) is 16.4. The van der Waals surface area contributed by atoms with Crippen molar-refractivity contribution in [1.82, 2.24) is 0 Å². The van der Waals surface area contributed by atoms with E-state index in [0.29, 0.717) is 0 Å². The quantitative estimate of drug-likeness (QED) is 0.683. The first-order chi connectivity index (χ1) is 11.0. The number of rotatable bonds is 3. The molecule has 0 aromatic heterocycles. The number of aliphatic hydroxyl groups is 1. The van der Waals surface area contributed by atoms with Gasteiger partial charge in [0.05, 0.1) is 0 Å². The van der Waals surface area contributed by atoms with Crippen LogP contribution in [0.3, 0.4) is 0 Å². The maximum Gasteiger partial charge on any atom is 0.140 e. The first-order valence-electron chi connectivity index (χ1n) is 7.94. The summed E-state index contributed by atoms with van der Waals surface area (Å²) >= 11 is 0. The van der Waals surface area contributed by atoms with Gasteiger partial charge >= 0.3 is 0 Å². The van der Waals surface area contributed by atoms with Crippen LogP contribution in [0.2, 0.25) is 0 Å². The van der Waals surface area contributed by atoms with Crippen LogP contribution in [0.5, 0.6) is 0 Å². The summed E-state index contributed by atoms with van der Waals surface area (Å²) in [7, 11) is 0. The molecular formula is C22H22O. The van der Waals surface area contributed by atoms with E-state index >= 15 is 0 Å². The lowest BCUT2D eigenvalue weighted by molar-refractivity contribution is 0.125. The molecular weight excluding hydrogens is 280 g/mol. The highest BCUT2D eigenvalue weighted by Gasteiger charge is 2.34. The van der Waals surface area contributed by atoms with Crippen molar-refractivity contribution in [3.63, 3.8) is 0 Å². The average Bonchev–Trinajstić information content (AvgIpc) is 2.55. The van der Waals surface area contributed by atoms with Crippen LogP contribution in [0.15, 0.2) is 72.8 Å². The average molecular weight is 302 g/mol. The minimum atomic E-state index is -1.15. The Labute approximate surface area is 138 Å². The molecule has 0 fully saturated rings. The van der Waals surface area contributed by atoms with Crippen LogP contribution in [-0.2, 0) is 5.60 Å². The van der Waals surface area contributed by atoms with Crippen molar-refractivity contribution in [2.75, 3.05) is 0 Å². The predicted molar refractivity (Wildman–Crippen MR) is 95.6 cm³/mol. The van der Waals surface area contributed by atoms with Crippen molar-refractivity contribution >= 4 is 0 Å². The Hall–Kier alpha value is -2.38. The Morgan fingerprint density at radius 2 is 1.35 bits per heavy atom. The Kier molecular flexibility index (Phi) is 4.06. The molecule has 23 heavy (non-hydrogen) atoms. The molecule has 0 aliphatic carbocycles. The maximum absolute atomic E-state index is 11.8. The Balaban J connectivity index is 2.29. The van der Waals surface area contributed by atoms with E-state index in [4.69, 9.17) is 0 Å². The summed E-state index contributed by atoms with van der Waals surface area (Å²) in [5.74, 6) is 0. The van der Waals surface area contributed by atoms with E-state index in [2.05, 4.69) is 26.0 Å². The summed E-state index contributed by atoms with van der Waals surface area (Å²) in [5.41, 5.74) is 4.97. The maximum atomic E-state index is 11.8. The Morgan fingerprint density at radius 1 is 0.652 bits per heavy atom. The van der Waals surface area contributed by atoms with Crippen LogP contribution >= 0.6 is 0 Å². The van der Waals surface area contributed by atoms with Crippen molar-refractivity contribution in [2.45, 2.75) is 26.4 Å². The molecule has 0 radical (unpaired) electrons. The minimum absolute atomic E-state index is 0.892. The predicted octanol–water partition coefficient (Wildman–Crippen LogP) is 4.90. The Bertz CT molecular complexity index is 817. The molecule has 3 aromatic carbocycles. The molecule has 1 heteroatoms. The number of hydrogen-bond donors (Lipinski definition) is 1. The summed E-state index contributed by atoms with van der Waals surface area (Å²) in [6.45, 7) is 6.16. The van der Waals surface area contributed by atoms with Crippen LogP contribution in [0.1, 0.15) is 33.4 Å². The zero-order valence-electron chi connectivity index (χ0n) is 13.9. The highest BCUT2D eigenvalue weighted by Crippen LogP contribution is 2.38. The van der Waals surface area contributed by atoms with Crippen LogP contribution in [-0.4, -0.2) is 5.11 Å². The van der Waals surface area contributed by atoms with Crippen molar-refractivity contribution in [3.8, 4) is 0 Å². The van der Waals surface area contributed by atoms with Gasteiger partial charge in [-0.3, -0.25) is 0 Å². The van der Waals surface area contributed by atoms with Crippen LogP contribution < -0.4 is 0 Å². The molecule has 1 nitrogen and oxygen atoms in total. The highest BCUT2D eigenvalue weighted by atomic mass is 16.3. The summed E-state index contributed by atoms with van der Waals surface area (Å²) in [6.07, 6.45) is 0. The van der Waals surface area contributed by atoms with Gasteiger partial charge in [0.2, 0.25) is 0 Å². The number of aryl methyl sites for hydroxylation is 3. The van der Waals surface area contributed by atoms with E-state index in [1.54, 1.807) is 0 Å². The molecule has 3 aromatic rings. The third-order valence-electron chi connectivity index (χ3n) is 4.44. The third-order valence-corrected chi connectivity index (χ3v) is 4.44. The molecule has 1 N–H and O–H groups in total. The van der Waals surface area contributed by atoms with E-state index in [1.807, 2.05) is 67.6 Å². The van der Waals surface area contributed by atoms with Crippen LogP contribution in [0.25, 0.3) is 0 Å². The fourth-order valence-corrected chi connectivity index (χ4v) is 3.12. The van der Waals surface area contributed by atoms with E-state index in [0.717, 1.165) is 27.8 Å². The van der Waals surface area contributed by atoms with Gasteiger partial charge in [-0.05, 0) is 43.0 Å². The topological polar surface area (TPSA) is 20.2 Å². The SMILES string of the molecule is Cc1ccc(C(O)(c2cccc(C)c2)c2ccccc2C)cc1. The number of hydrogen-bond acceptors (Lipinski definition) is 1. The first-order valence-corrected chi connectivity index (χ1v) is 7.94. The second-order valence-electron chi connectivity index (χ2n) is 6.26. The van der Waals surface area contributed by atoms with Gasteiger partial charge in [0, 0.05) is 0 Å². The summed E-state index contributed by atoms with van der Waals surface area (Å²) in [6, 6.07) is 24.3. The van der Waals surface area contributed by atoms with E-state index in [1.165, 1.54) is 5.56 Å². The Morgan fingerprint density at radius 3 is 2.00 bits per heavy atom. The van der Waals surface area contributed by atoms with Gasteiger partial charge in [-0.1, -0.05) is 83.9 Å². The van der Waals surface area contributed by atoms with E-state index < -0.39 is 5.60 Å². The lowest BCUT2D eigenvalue weighted by Crippen LogP contribution is -2.29. The second-order valence-corrected chi connectivity index (χ2v) is 6.26. The molecule has 0 spiro atoms. The molecule has 0 aliphatic heterocycles. The molecule has 0 saturated heterocycles. The smallest absolute Gasteiger partial charge is 0.140 e. The lowest BCUT2D eigenvalue weighted by Gasteiger charge is -2.32. The second kappa shape index (κ2) is 6.02. The normalized spacial score (nSPS) is 13.6. The van der Waals surface area contributed by atoms with Gasteiger partial charge in [0.15, 0.2) is 0 Å². The van der Waals surface area contributed by atoms with Crippen molar-refractivity contribution in [3.05, 3.63) is 106 Å². The zero-order valence-corrected chi connectivity index (χ0v) is 13.9. The van der Waals surface area contributed by atoms with Crippen molar-refractivity contribution in [2.24, 2.45) is 0 Å². The molecule has 0 saturated carbocycles. The van der Waals surface area contributed by atoms with E-state index in [9.17, 15) is 5.11 Å². The minimum Gasteiger partial charge on any atom is -0.376 e. The molecule has 3 rings (SSSR count). The summed E-state index contributed by atoms with van der Waals surface area (Å²) < 4.78 is 0. The van der Waals surface area contributed by atoms with Gasteiger partial charge in [-0.15, -0.1) is 0 Å². The van der Waals surface area contributed by atoms with Crippen molar-refractivity contribution in [1.29, 1.82) is 0 Å². The van der Waals surface area contributed by atoms with Crippen LogP contribution in [0, 0.1) is 20.8 Å². The molecule has 0 heterocycles. The monoisotopic (exact) mass is 302 g/mol. The van der Waals surface area contributed by atoms with Gasteiger partial charge < -0.3 is 5.11 Å². The summed E-state index contributed by atoms with van der Waals surface area (Å²) in [5, 5.41) is 11.8. The van der Waals surface area contributed by atoms with Gasteiger partial charge in [0.1, 0.15) is 5.60 Å². The fraction of sp³-hybridized carbons (Fsp3) is 0.182. The summed E-state index contributed by atoms with van der Waals surface area (Å²) in [4.78, 5) is 0. The lowest BCUT2D eigenvalue weighted by atomic mass is 9.78. The largest absolute Gasteiger partial charge is 0.376 e. The van der Waals surface area contributed by atoms with E-state index in [-0.39, 0.29) is 0 Å². The van der Waals surface area contributed by atoms with Gasteiger partial charge in [-0.2, -0.15) is 0 Å². The van der Waals surface area contributed by atoms with Crippen LogP contribution in [0.4, 0.5) is 0 Å². The van der Waals surface area contributed by atoms with Gasteiger partial charge in [0.25, 0.3) is 0 Å². The highest BCUT2D eigenvalue weighted by molar-refractivity contribution is 5.50. The molecule has 0 aliphatic rings. The molecule has 0 bridgehead atoms. The third kappa shape index (κ3) is 2.80. The molecule has 1 atom stereocenters. The molecule has 1 unspecified atom stereocenters. The fourth-order valence-electron chi connectivity index (χ4n) is 3.12. The first kappa shape index (κ1) is 15.5. The van der Waals surface area contributed by atoms with Gasteiger partial charge in [-0.25, -0.2) is 0 Å². The van der Waals surface area contributed by atoms with Crippen molar-refractivity contribution < 1.29 is 5.11 Å². The standard InChI is InChI=1S/C22H22O/c1-16-11-13-19(14-12-16)22(23,20-9-6-7-17(2)15-20)21-10-5-4-8-18(21)3/h4-15,23H,1-3H3. The molecule has 116 valence electrons.